The van der Waals surface area contributed by atoms with Gasteiger partial charge in [0.05, 0.1) is 5.71 Å². The first-order valence-electron chi connectivity index (χ1n) is 7.75. The van der Waals surface area contributed by atoms with Gasteiger partial charge in [0.2, 0.25) is 0 Å². The van der Waals surface area contributed by atoms with Crippen molar-refractivity contribution in [3.63, 3.8) is 0 Å². The minimum Gasteiger partial charge on any atom is -0.410 e. The highest BCUT2D eigenvalue weighted by atomic mass is 16.4. The Bertz CT molecular complexity index is 709. The van der Waals surface area contributed by atoms with Gasteiger partial charge in [0.15, 0.2) is 0 Å². The van der Waals surface area contributed by atoms with E-state index in [2.05, 4.69) is 42.9 Å². The van der Waals surface area contributed by atoms with E-state index < -0.39 is 0 Å². The van der Waals surface area contributed by atoms with Gasteiger partial charge in [-0.15, -0.1) is 0 Å². The third-order valence-corrected chi connectivity index (χ3v) is 5.20. The van der Waals surface area contributed by atoms with E-state index in [4.69, 9.17) is 4.99 Å². The summed E-state index contributed by atoms with van der Waals surface area (Å²) in [6.45, 7) is 10.3. The van der Waals surface area contributed by atoms with Gasteiger partial charge in [0, 0.05) is 17.0 Å². The monoisotopic (exact) mass is 294 g/mol. The SMILES string of the molecule is C=C1C(=NO)C(=N/C(C)=C/C)C2CCC12c1ccc(C)cc1. The molecule has 0 spiro atoms. The molecule has 2 saturated carbocycles. The lowest BCUT2D eigenvalue weighted by Crippen LogP contribution is -2.43. The zero-order chi connectivity index (χ0) is 15.9. The Hall–Kier alpha value is -2.16. The second-order valence-electron chi connectivity index (χ2n) is 6.28. The van der Waals surface area contributed by atoms with Crippen molar-refractivity contribution in [2.45, 2.75) is 39.0 Å². The van der Waals surface area contributed by atoms with Crippen LogP contribution < -0.4 is 0 Å². The van der Waals surface area contributed by atoms with Crippen LogP contribution in [0.4, 0.5) is 0 Å². The Labute approximate surface area is 131 Å². The Morgan fingerprint density at radius 3 is 2.55 bits per heavy atom. The second-order valence-corrected chi connectivity index (χ2v) is 6.28. The van der Waals surface area contributed by atoms with Crippen LogP contribution in [-0.2, 0) is 5.41 Å². The van der Waals surface area contributed by atoms with Gasteiger partial charge in [-0.05, 0) is 44.7 Å². The van der Waals surface area contributed by atoms with Crippen LogP contribution in [0.25, 0.3) is 0 Å². The van der Waals surface area contributed by atoms with E-state index in [0.29, 0.717) is 5.71 Å². The Morgan fingerprint density at radius 2 is 2.05 bits per heavy atom. The van der Waals surface area contributed by atoms with Gasteiger partial charge >= 0.3 is 0 Å². The Morgan fingerprint density at radius 1 is 1.36 bits per heavy atom. The molecule has 22 heavy (non-hydrogen) atoms. The number of hydrogen-bond donors (Lipinski definition) is 1. The van der Waals surface area contributed by atoms with Crippen molar-refractivity contribution in [1.29, 1.82) is 0 Å². The standard InChI is InChI=1S/C19H22N2O/c1-5-13(3)20-18-16-10-11-19(16,14(4)17(18)21-22)15-8-6-12(2)7-9-15/h5-9,16,22H,4,10-11H2,1-3H3/b13-5+,20-18?,21-17?. The summed E-state index contributed by atoms with van der Waals surface area (Å²) < 4.78 is 0. The van der Waals surface area contributed by atoms with Crippen LogP contribution in [-0.4, -0.2) is 16.6 Å². The van der Waals surface area contributed by atoms with Crippen molar-refractivity contribution in [2.75, 3.05) is 0 Å². The van der Waals surface area contributed by atoms with Crippen molar-refractivity contribution in [3.8, 4) is 0 Å². The highest BCUT2D eigenvalue weighted by Gasteiger charge is 2.59. The molecule has 3 rings (SSSR count). The van der Waals surface area contributed by atoms with Crippen LogP contribution in [0.2, 0.25) is 0 Å². The highest BCUT2D eigenvalue weighted by Crippen LogP contribution is 2.59. The summed E-state index contributed by atoms with van der Waals surface area (Å²) in [7, 11) is 0. The molecule has 1 aromatic rings. The van der Waals surface area contributed by atoms with Crippen LogP contribution in [0.15, 0.2) is 58.3 Å². The zero-order valence-corrected chi connectivity index (χ0v) is 13.4. The van der Waals surface area contributed by atoms with Gasteiger partial charge in [-0.25, -0.2) is 0 Å². The molecule has 0 heterocycles. The molecule has 114 valence electrons. The van der Waals surface area contributed by atoms with Gasteiger partial charge in [-0.1, -0.05) is 47.6 Å². The molecule has 3 heteroatoms. The summed E-state index contributed by atoms with van der Waals surface area (Å²) >= 11 is 0. The first-order valence-corrected chi connectivity index (χ1v) is 7.75. The molecule has 2 aliphatic carbocycles. The molecule has 0 aromatic heterocycles. The number of aliphatic imine (C=N–C) groups is 1. The topological polar surface area (TPSA) is 45.0 Å². The molecular formula is C19H22N2O. The molecule has 0 amide bonds. The van der Waals surface area contributed by atoms with Gasteiger partial charge in [0.1, 0.15) is 5.71 Å². The summed E-state index contributed by atoms with van der Waals surface area (Å²) in [5, 5.41) is 13.0. The Balaban J connectivity index is 2.13. The predicted molar refractivity (Wildman–Crippen MR) is 90.8 cm³/mol. The molecule has 3 nitrogen and oxygen atoms in total. The minimum absolute atomic E-state index is 0.137. The zero-order valence-electron chi connectivity index (χ0n) is 13.4. The molecule has 0 radical (unpaired) electrons. The fraction of sp³-hybridized carbons (Fsp3) is 0.368. The van der Waals surface area contributed by atoms with E-state index in [1.54, 1.807) is 0 Å². The average molecular weight is 294 g/mol. The number of rotatable bonds is 2. The summed E-state index contributed by atoms with van der Waals surface area (Å²) in [4.78, 5) is 4.69. The lowest BCUT2D eigenvalue weighted by atomic mass is 9.57. The van der Waals surface area contributed by atoms with E-state index in [1.165, 1.54) is 11.1 Å². The average Bonchev–Trinajstić information content (AvgIpc) is 2.63. The maximum absolute atomic E-state index is 9.49. The molecule has 0 bridgehead atoms. The molecule has 0 aliphatic heterocycles. The van der Waals surface area contributed by atoms with Crippen LogP contribution in [0.3, 0.4) is 0 Å². The maximum atomic E-state index is 9.49. The lowest BCUT2D eigenvalue weighted by Gasteiger charge is -2.45. The van der Waals surface area contributed by atoms with Crippen molar-refractivity contribution in [3.05, 3.63) is 59.3 Å². The molecular weight excluding hydrogens is 272 g/mol. The number of allylic oxidation sites excluding steroid dienone is 3. The lowest BCUT2D eigenvalue weighted by molar-refractivity contribution is 0.247. The third kappa shape index (κ3) is 1.88. The molecule has 0 saturated heterocycles. The van der Waals surface area contributed by atoms with E-state index in [1.807, 2.05) is 19.9 Å². The first kappa shape index (κ1) is 14.8. The van der Waals surface area contributed by atoms with Crippen LogP contribution in [0.1, 0.15) is 37.8 Å². The van der Waals surface area contributed by atoms with E-state index in [9.17, 15) is 5.21 Å². The molecule has 2 atom stereocenters. The molecule has 1 aromatic carbocycles. The van der Waals surface area contributed by atoms with Gasteiger partial charge in [0.25, 0.3) is 0 Å². The van der Waals surface area contributed by atoms with Crippen LogP contribution >= 0.6 is 0 Å². The second kappa shape index (κ2) is 5.24. The number of fused-ring (bicyclic) bond motifs is 1. The number of benzene rings is 1. The van der Waals surface area contributed by atoms with Crippen molar-refractivity contribution in [2.24, 2.45) is 16.1 Å². The van der Waals surface area contributed by atoms with E-state index in [0.717, 1.165) is 29.8 Å². The number of aryl methyl sites for hydroxylation is 1. The fourth-order valence-corrected chi connectivity index (χ4v) is 3.71. The summed E-state index contributed by atoms with van der Waals surface area (Å²) in [6.07, 6.45) is 4.06. The molecule has 2 fully saturated rings. The van der Waals surface area contributed by atoms with Crippen molar-refractivity contribution in [1.82, 2.24) is 0 Å². The molecule has 2 aliphatic rings. The number of oxime groups is 1. The van der Waals surface area contributed by atoms with Crippen LogP contribution in [0, 0.1) is 12.8 Å². The number of hydrogen-bond acceptors (Lipinski definition) is 3. The summed E-state index contributed by atoms with van der Waals surface area (Å²) in [6, 6.07) is 8.62. The predicted octanol–water partition coefficient (Wildman–Crippen LogP) is 4.41. The minimum atomic E-state index is -0.137. The van der Waals surface area contributed by atoms with E-state index in [-0.39, 0.29) is 11.3 Å². The first-order chi connectivity index (χ1) is 10.5. The smallest absolute Gasteiger partial charge is 0.127 e. The van der Waals surface area contributed by atoms with Crippen molar-refractivity contribution < 1.29 is 5.21 Å². The van der Waals surface area contributed by atoms with Crippen LogP contribution in [0.5, 0.6) is 0 Å². The number of nitrogens with zero attached hydrogens (tertiary/aromatic N) is 2. The Kier molecular flexibility index (Phi) is 3.51. The van der Waals surface area contributed by atoms with Gasteiger partial charge in [-0.3, -0.25) is 4.99 Å². The van der Waals surface area contributed by atoms with Gasteiger partial charge in [-0.2, -0.15) is 0 Å². The highest BCUT2D eigenvalue weighted by molar-refractivity contribution is 6.52. The molecule has 1 N–H and O–H groups in total. The third-order valence-electron chi connectivity index (χ3n) is 5.20. The van der Waals surface area contributed by atoms with Crippen molar-refractivity contribution >= 4 is 11.4 Å². The quantitative estimate of drug-likeness (QED) is 0.637. The van der Waals surface area contributed by atoms with E-state index >= 15 is 0 Å². The normalized spacial score (nSPS) is 31.5. The summed E-state index contributed by atoms with van der Waals surface area (Å²) in [5.74, 6) is 0.267. The fourth-order valence-electron chi connectivity index (χ4n) is 3.71. The maximum Gasteiger partial charge on any atom is 0.127 e. The largest absolute Gasteiger partial charge is 0.410 e. The summed E-state index contributed by atoms with van der Waals surface area (Å²) in [5.41, 5.74) is 5.66. The van der Waals surface area contributed by atoms with Gasteiger partial charge < -0.3 is 5.21 Å². The molecule has 2 unspecified atom stereocenters.